The molecular formula is C23H34BrN5O6. The predicted octanol–water partition coefficient (Wildman–Crippen LogP) is 2.52. The molecule has 0 spiro atoms. The molecule has 12 heteroatoms. The summed E-state index contributed by atoms with van der Waals surface area (Å²) in [5.74, 6) is -0.604. The van der Waals surface area contributed by atoms with E-state index in [-0.39, 0.29) is 30.4 Å². The van der Waals surface area contributed by atoms with Gasteiger partial charge >= 0.3 is 12.1 Å². The minimum absolute atomic E-state index is 0.0654. The van der Waals surface area contributed by atoms with E-state index in [1.807, 2.05) is 0 Å². The molecule has 194 valence electrons. The molecule has 2 bridgehead atoms. The normalized spacial score (nSPS) is 26.0. The number of hydrazine groups is 1. The Morgan fingerprint density at radius 3 is 2.54 bits per heavy atom. The lowest BCUT2D eigenvalue weighted by Gasteiger charge is -2.53. The first kappa shape index (κ1) is 25.9. The van der Waals surface area contributed by atoms with E-state index in [4.69, 9.17) is 13.9 Å². The molecule has 0 radical (unpaired) electrons. The number of carbonyl (C=O) groups is 3. The summed E-state index contributed by atoms with van der Waals surface area (Å²) in [6.07, 6.45) is 4.14. The Balaban J connectivity index is 1.64. The number of carbonyl (C=O) groups excluding carboxylic acids is 3. The third kappa shape index (κ3) is 5.80. The Hall–Kier alpha value is -2.18. The molecule has 0 aromatic carbocycles. The topological polar surface area (TPSA) is 126 Å². The molecule has 3 atom stereocenters. The highest BCUT2D eigenvalue weighted by atomic mass is 79.9. The molecule has 4 fully saturated rings. The Kier molecular flexibility index (Phi) is 7.72. The number of rotatable bonds is 7. The van der Waals surface area contributed by atoms with E-state index in [0.717, 1.165) is 25.9 Å². The average molecular weight is 556 g/mol. The first-order valence-corrected chi connectivity index (χ1v) is 13.0. The van der Waals surface area contributed by atoms with Gasteiger partial charge in [-0.25, -0.2) is 15.2 Å². The van der Waals surface area contributed by atoms with E-state index in [9.17, 15) is 14.4 Å². The molecule has 4 aliphatic rings. The second kappa shape index (κ2) is 10.4. The van der Waals surface area contributed by atoms with Gasteiger partial charge in [0.2, 0.25) is 0 Å². The second-order valence-electron chi connectivity index (χ2n) is 10.3. The van der Waals surface area contributed by atoms with Gasteiger partial charge in [-0.1, -0.05) is 0 Å². The molecule has 1 aromatic heterocycles. The summed E-state index contributed by atoms with van der Waals surface area (Å²) in [5, 5.41) is 4.32. The highest BCUT2D eigenvalue weighted by molar-refractivity contribution is 9.10. The van der Waals surface area contributed by atoms with E-state index in [1.54, 1.807) is 27.7 Å². The Morgan fingerprint density at radius 2 is 1.97 bits per heavy atom. The molecule has 4 heterocycles. The van der Waals surface area contributed by atoms with Crippen molar-refractivity contribution in [2.45, 2.75) is 83.1 Å². The highest BCUT2D eigenvalue weighted by Crippen LogP contribution is 2.40. The molecular weight excluding hydrogens is 522 g/mol. The summed E-state index contributed by atoms with van der Waals surface area (Å²) in [7, 11) is 0. The zero-order chi connectivity index (χ0) is 25.3. The van der Waals surface area contributed by atoms with Crippen molar-refractivity contribution in [3.63, 3.8) is 0 Å². The summed E-state index contributed by atoms with van der Waals surface area (Å²) in [6.45, 7) is 8.81. The lowest BCUT2D eigenvalue weighted by molar-refractivity contribution is -0.169. The second-order valence-corrected chi connectivity index (χ2v) is 11.0. The van der Waals surface area contributed by atoms with Gasteiger partial charge in [-0.15, -0.1) is 0 Å². The number of esters is 1. The zero-order valence-corrected chi connectivity index (χ0v) is 22.2. The van der Waals surface area contributed by atoms with Crippen LogP contribution in [-0.4, -0.2) is 76.3 Å². The number of hydrogen-bond acceptors (Lipinski definition) is 9. The minimum atomic E-state index is -1.02. The van der Waals surface area contributed by atoms with Crippen LogP contribution in [-0.2, 0) is 19.1 Å². The largest absolute Gasteiger partial charge is 0.465 e. The first-order valence-electron chi connectivity index (χ1n) is 12.2. The SMILES string of the molecule is CCOC(=O)[C@H]1NN(C(=O)[C@@H](NC(=O)OC(C)(C)C)[C@@H](c2coc(Br)n2)N2CCCC2)C2CC1C2. The molecule has 35 heavy (non-hydrogen) atoms. The maximum Gasteiger partial charge on any atom is 0.408 e. The summed E-state index contributed by atoms with van der Waals surface area (Å²) in [5.41, 5.74) is 2.87. The zero-order valence-electron chi connectivity index (χ0n) is 20.6. The van der Waals surface area contributed by atoms with Gasteiger partial charge in [0.25, 0.3) is 10.7 Å². The van der Waals surface area contributed by atoms with Crippen LogP contribution >= 0.6 is 15.9 Å². The van der Waals surface area contributed by atoms with Gasteiger partial charge in [-0.2, -0.15) is 0 Å². The van der Waals surface area contributed by atoms with Crippen LogP contribution in [0, 0.1) is 5.92 Å². The number of likely N-dealkylation sites (tertiary alicyclic amines) is 1. The highest BCUT2D eigenvalue weighted by Gasteiger charge is 2.52. The summed E-state index contributed by atoms with van der Waals surface area (Å²) in [4.78, 5) is 46.3. The molecule has 5 rings (SSSR count). The van der Waals surface area contributed by atoms with Crippen molar-refractivity contribution in [1.82, 2.24) is 25.6 Å². The van der Waals surface area contributed by atoms with Crippen molar-refractivity contribution in [2.24, 2.45) is 5.92 Å². The molecule has 11 nitrogen and oxygen atoms in total. The number of amides is 2. The minimum Gasteiger partial charge on any atom is -0.465 e. The van der Waals surface area contributed by atoms with Crippen LogP contribution in [0.2, 0.25) is 0 Å². The van der Waals surface area contributed by atoms with Crippen LogP contribution in [0.1, 0.15) is 65.1 Å². The molecule has 0 unspecified atom stereocenters. The van der Waals surface area contributed by atoms with E-state index < -0.39 is 29.8 Å². The smallest absolute Gasteiger partial charge is 0.408 e. The van der Waals surface area contributed by atoms with Gasteiger partial charge in [0.1, 0.15) is 23.9 Å². The van der Waals surface area contributed by atoms with Crippen LogP contribution in [0.3, 0.4) is 0 Å². The van der Waals surface area contributed by atoms with E-state index in [0.29, 0.717) is 23.3 Å². The maximum atomic E-state index is 14.1. The van der Waals surface area contributed by atoms with Crippen LogP contribution < -0.4 is 10.7 Å². The number of ether oxygens (including phenoxy) is 2. The van der Waals surface area contributed by atoms with E-state index in [1.165, 1.54) is 11.3 Å². The number of oxazole rings is 1. The van der Waals surface area contributed by atoms with Crippen molar-refractivity contribution >= 4 is 33.9 Å². The molecule has 2 amide bonds. The third-order valence-corrected chi connectivity index (χ3v) is 6.99. The Morgan fingerprint density at radius 1 is 1.29 bits per heavy atom. The summed E-state index contributed by atoms with van der Waals surface area (Å²) >= 11 is 3.25. The van der Waals surface area contributed by atoms with Crippen molar-refractivity contribution in [2.75, 3.05) is 19.7 Å². The number of aromatic nitrogens is 1. The first-order chi connectivity index (χ1) is 16.6. The summed E-state index contributed by atoms with van der Waals surface area (Å²) < 4.78 is 16.1. The number of nitrogens with one attached hydrogen (secondary N) is 2. The van der Waals surface area contributed by atoms with Gasteiger partial charge in [-0.3, -0.25) is 19.5 Å². The maximum absolute atomic E-state index is 14.1. The van der Waals surface area contributed by atoms with Crippen LogP contribution in [0.15, 0.2) is 15.5 Å². The fourth-order valence-corrected chi connectivity index (χ4v) is 5.34. The van der Waals surface area contributed by atoms with Gasteiger partial charge in [-0.05, 0) is 72.4 Å². The number of nitrogens with zero attached hydrogens (tertiary/aromatic N) is 3. The van der Waals surface area contributed by atoms with Gasteiger partial charge in [0.15, 0.2) is 0 Å². The van der Waals surface area contributed by atoms with Crippen molar-refractivity contribution in [3.05, 3.63) is 16.8 Å². The quantitative estimate of drug-likeness (QED) is 0.488. The average Bonchev–Trinajstić information content (AvgIpc) is 3.43. The molecule has 3 aliphatic heterocycles. The van der Waals surface area contributed by atoms with Crippen molar-refractivity contribution < 1.29 is 28.3 Å². The Bertz CT molecular complexity index is 937. The monoisotopic (exact) mass is 555 g/mol. The molecule has 1 aromatic rings. The van der Waals surface area contributed by atoms with Gasteiger partial charge in [0, 0.05) is 22.0 Å². The van der Waals surface area contributed by atoms with E-state index in [2.05, 4.69) is 36.6 Å². The summed E-state index contributed by atoms with van der Waals surface area (Å²) in [6, 6.07) is -2.26. The lowest BCUT2D eigenvalue weighted by Crippen LogP contribution is -2.72. The number of fused-ring (bicyclic) bond motifs is 2. The third-order valence-electron chi connectivity index (χ3n) is 6.63. The van der Waals surface area contributed by atoms with Gasteiger partial charge < -0.3 is 19.2 Å². The molecule has 3 saturated heterocycles. The number of halogens is 1. The standard InChI is InChI=1S/C23H34BrN5O6/c1-5-33-20(31)16-13-10-14(11-13)29(27-16)19(30)17(26-22(32)35-23(2,3)4)18(28-8-6-7-9-28)15-12-34-21(24)25-15/h12-14,16-18,27H,5-11H2,1-4H3,(H,26,32)/t13?,14?,16-,17-,18+/m0/s1. The fraction of sp³-hybridized carbons (Fsp3) is 0.739. The molecule has 2 N–H and O–H groups in total. The van der Waals surface area contributed by atoms with Crippen LogP contribution in [0.25, 0.3) is 0 Å². The predicted molar refractivity (Wildman–Crippen MR) is 128 cm³/mol. The fourth-order valence-electron chi connectivity index (χ4n) is 5.04. The van der Waals surface area contributed by atoms with E-state index >= 15 is 0 Å². The van der Waals surface area contributed by atoms with Crippen LogP contribution in [0.5, 0.6) is 0 Å². The Labute approximate surface area is 213 Å². The van der Waals surface area contributed by atoms with Crippen LogP contribution in [0.4, 0.5) is 4.79 Å². The van der Waals surface area contributed by atoms with Crippen molar-refractivity contribution in [3.8, 4) is 0 Å². The van der Waals surface area contributed by atoms with Gasteiger partial charge in [0.05, 0.1) is 18.3 Å². The molecule has 1 aliphatic carbocycles. The molecule has 1 saturated carbocycles. The lowest BCUT2D eigenvalue weighted by atomic mass is 9.73. The number of alkyl carbamates (subject to hydrolysis) is 1. The van der Waals surface area contributed by atoms with Crippen molar-refractivity contribution in [1.29, 1.82) is 0 Å². The number of hydrogen-bond donors (Lipinski definition) is 2.